The van der Waals surface area contributed by atoms with Gasteiger partial charge in [0.1, 0.15) is 0 Å². The van der Waals surface area contributed by atoms with Crippen LogP contribution in [0.1, 0.15) is 15.2 Å². The molecular formula is C16H17ClN2O4S. The van der Waals surface area contributed by atoms with Crippen LogP contribution in [0.2, 0.25) is 4.34 Å². The molecule has 0 saturated heterocycles. The minimum atomic E-state index is -0.591. The molecule has 2 rings (SSSR count). The molecule has 0 fully saturated rings. The lowest BCUT2D eigenvalue weighted by Gasteiger charge is -2.17. The van der Waals surface area contributed by atoms with Gasteiger partial charge in [-0.1, -0.05) is 11.6 Å². The number of thiophene rings is 1. The van der Waals surface area contributed by atoms with Gasteiger partial charge in [0.25, 0.3) is 11.8 Å². The van der Waals surface area contributed by atoms with Crippen molar-refractivity contribution in [3.05, 3.63) is 45.1 Å². The molecule has 2 aromatic rings. The van der Waals surface area contributed by atoms with Gasteiger partial charge in [-0.25, -0.2) is 0 Å². The van der Waals surface area contributed by atoms with Gasteiger partial charge >= 0.3 is 0 Å². The molecule has 0 aliphatic rings. The number of rotatable bonds is 7. The van der Waals surface area contributed by atoms with Crippen LogP contribution in [0.3, 0.4) is 0 Å². The highest BCUT2D eigenvalue weighted by Gasteiger charge is 2.16. The fourth-order valence-corrected chi connectivity index (χ4v) is 3.17. The molecule has 0 aliphatic carbocycles. The number of carbonyl (C=O) groups is 2. The molecule has 2 N–H and O–H groups in total. The topological polar surface area (TPSA) is 81.9 Å². The average molecular weight is 369 g/mol. The summed E-state index contributed by atoms with van der Waals surface area (Å²) < 4.78 is 11.1. The van der Waals surface area contributed by atoms with E-state index in [1.807, 2.05) is 6.07 Å². The molecule has 0 saturated carbocycles. The quantitative estimate of drug-likeness (QED) is 0.814. The Bertz CT molecular complexity index is 747. The highest BCUT2D eigenvalue weighted by molar-refractivity contribution is 7.16. The minimum absolute atomic E-state index is 0.167. The summed E-state index contributed by atoms with van der Waals surface area (Å²) in [5.74, 6) is -0.0546. The maximum absolute atomic E-state index is 12.5. The number of carbonyl (C=O) groups excluding carboxylic acids is 2. The Labute approximate surface area is 148 Å². The summed E-state index contributed by atoms with van der Waals surface area (Å²) >= 11 is 7.33. The van der Waals surface area contributed by atoms with Crippen molar-refractivity contribution < 1.29 is 19.1 Å². The lowest BCUT2D eigenvalue weighted by molar-refractivity contribution is -0.119. The first-order valence-corrected chi connectivity index (χ1v) is 8.19. The molecule has 128 valence electrons. The van der Waals surface area contributed by atoms with Crippen molar-refractivity contribution in [3.63, 3.8) is 0 Å². The van der Waals surface area contributed by atoms with E-state index < -0.39 is 5.91 Å². The second-order valence-corrected chi connectivity index (χ2v) is 6.79. The molecule has 24 heavy (non-hydrogen) atoms. The van der Waals surface area contributed by atoms with Crippen molar-refractivity contribution in [2.45, 2.75) is 6.54 Å². The Morgan fingerprint density at radius 2 is 2.00 bits per heavy atom. The SMILES string of the molecule is COc1cc(C(=O)N(C)Cc2ccc(Cl)s2)ccc1OCC(N)=O. The molecule has 0 unspecified atom stereocenters. The van der Waals surface area contributed by atoms with Gasteiger partial charge < -0.3 is 20.1 Å². The molecule has 1 aromatic heterocycles. The van der Waals surface area contributed by atoms with Crippen molar-refractivity contribution in [1.29, 1.82) is 0 Å². The summed E-state index contributed by atoms with van der Waals surface area (Å²) in [7, 11) is 3.16. The zero-order valence-electron chi connectivity index (χ0n) is 13.2. The van der Waals surface area contributed by atoms with Crippen LogP contribution in [0.4, 0.5) is 0 Å². The molecule has 0 aliphatic heterocycles. The lowest BCUT2D eigenvalue weighted by Crippen LogP contribution is -2.25. The van der Waals surface area contributed by atoms with E-state index in [0.29, 0.717) is 27.9 Å². The van der Waals surface area contributed by atoms with Crippen molar-refractivity contribution in [2.75, 3.05) is 20.8 Å². The summed E-state index contributed by atoms with van der Waals surface area (Å²) in [6.45, 7) is 0.196. The third-order valence-electron chi connectivity index (χ3n) is 3.15. The highest BCUT2D eigenvalue weighted by Crippen LogP contribution is 2.29. The highest BCUT2D eigenvalue weighted by atomic mass is 35.5. The fourth-order valence-electron chi connectivity index (χ4n) is 2.03. The van der Waals surface area contributed by atoms with Crippen LogP contribution < -0.4 is 15.2 Å². The number of hydrogen-bond donors (Lipinski definition) is 1. The van der Waals surface area contributed by atoms with E-state index in [9.17, 15) is 9.59 Å². The second kappa shape index (κ2) is 8.03. The summed E-state index contributed by atoms with van der Waals surface area (Å²) in [5.41, 5.74) is 5.50. The summed E-state index contributed by atoms with van der Waals surface area (Å²) in [6, 6.07) is 8.44. The van der Waals surface area contributed by atoms with E-state index in [1.165, 1.54) is 18.4 Å². The Balaban J connectivity index is 2.12. The minimum Gasteiger partial charge on any atom is -0.493 e. The molecule has 1 aromatic carbocycles. The Morgan fingerprint density at radius 3 is 2.58 bits per heavy atom. The van der Waals surface area contributed by atoms with Crippen molar-refractivity contribution in [3.8, 4) is 11.5 Å². The van der Waals surface area contributed by atoms with Crippen molar-refractivity contribution >= 4 is 34.8 Å². The lowest BCUT2D eigenvalue weighted by atomic mass is 10.1. The monoisotopic (exact) mass is 368 g/mol. The van der Waals surface area contributed by atoms with E-state index in [0.717, 1.165) is 4.88 Å². The van der Waals surface area contributed by atoms with Crippen LogP contribution in [0, 0.1) is 0 Å². The number of primary amides is 1. The number of hydrogen-bond acceptors (Lipinski definition) is 5. The number of nitrogens with two attached hydrogens (primary N) is 1. The van der Waals surface area contributed by atoms with Gasteiger partial charge in [-0.3, -0.25) is 9.59 Å². The van der Waals surface area contributed by atoms with Gasteiger partial charge in [0.15, 0.2) is 18.1 Å². The van der Waals surface area contributed by atoms with E-state index >= 15 is 0 Å². The van der Waals surface area contributed by atoms with Gasteiger partial charge in [0.05, 0.1) is 18.0 Å². The molecule has 8 heteroatoms. The Morgan fingerprint density at radius 1 is 1.25 bits per heavy atom. The van der Waals surface area contributed by atoms with Gasteiger partial charge in [-0.15, -0.1) is 11.3 Å². The Hall–Kier alpha value is -2.25. The summed E-state index contributed by atoms with van der Waals surface area (Å²) in [5, 5.41) is 0. The van der Waals surface area contributed by atoms with Crippen LogP contribution in [0.25, 0.3) is 0 Å². The van der Waals surface area contributed by atoms with E-state index in [1.54, 1.807) is 36.2 Å². The first-order chi connectivity index (χ1) is 11.4. The van der Waals surface area contributed by atoms with Gasteiger partial charge in [-0.05, 0) is 30.3 Å². The van der Waals surface area contributed by atoms with Crippen LogP contribution in [0.15, 0.2) is 30.3 Å². The van der Waals surface area contributed by atoms with Crippen LogP contribution in [0.5, 0.6) is 11.5 Å². The second-order valence-electron chi connectivity index (χ2n) is 4.99. The van der Waals surface area contributed by atoms with Crippen molar-refractivity contribution in [1.82, 2.24) is 4.90 Å². The summed E-state index contributed by atoms with van der Waals surface area (Å²) in [4.78, 5) is 25.9. The maximum Gasteiger partial charge on any atom is 0.255 e. The zero-order valence-corrected chi connectivity index (χ0v) is 14.8. The molecule has 0 radical (unpaired) electrons. The van der Waals surface area contributed by atoms with Crippen LogP contribution >= 0.6 is 22.9 Å². The van der Waals surface area contributed by atoms with Gasteiger partial charge in [-0.2, -0.15) is 0 Å². The number of benzene rings is 1. The van der Waals surface area contributed by atoms with E-state index in [4.69, 9.17) is 26.8 Å². The third kappa shape index (κ3) is 4.62. The molecule has 0 atom stereocenters. The number of methoxy groups -OCH3 is 1. The van der Waals surface area contributed by atoms with Crippen molar-refractivity contribution in [2.24, 2.45) is 5.73 Å². The number of nitrogens with zero attached hydrogens (tertiary/aromatic N) is 1. The molecule has 2 amide bonds. The largest absolute Gasteiger partial charge is 0.493 e. The van der Waals surface area contributed by atoms with E-state index in [-0.39, 0.29) is 12.5 Å². The standard InChI is InChI=1S/C16H17ClN2O4S/c1-19(8-11-4-6-14(17)24-11)16(21)10-3-5-12(13(7-10)22-2)23-9-15(18)20/h3-7H,8-9H2,1-2H3,(H2,18,20). The Kier molecular flexibility index (Phi) is 6.05. The third-order valence-corrected chi connectivity index (χ3v) is 4.36. The van der Waals surface area contributed by atoms with Gasteiger partial charge in [0, 0.05) is 17.5 Å². The first-order valence-electron chi connectivity index (χ1n) is 6.99. The number of ether oxygens (including phenoxy) is 2. The molecular weight excluding hydrogens is 352 g/mol. The molecule has 0 spiro atoms. The van der Waals surface area contributed by atoms with Crippen LogP contribution in [-0.4, -0.2) is 37.5 Å². The first kappa shape index (κ1) is 18.1. The molecule has 0 bridgehead atoms. The fraction of sp³-hybridized carbons (Fsp3) is 0.250. The van der Waals surface area contributed by atoms with Crippen LogP contribution in [-0.2, 0) is 11.3 Å². The smallest absolute Gasteiger partial charge is 0.255 e. The molecule has 1 heterocycles. The zero-order chi connectivity index (χ0) is 17.7. The molecule has 6 nitrogen and oxygen atoms in total. The maximum atomic E-state index is 12.5. The predicted octanol–water partition coefficient (Wildman–Crippen LogP) is 2.55. The number of amides is 2. The average Bonchev–Trinajstić information content (AvgIpc) is 2.96. The normalized spacial score (nSPS) is 10.3. The van der Waals surface area contributed by atoms with E-state index in [2.05, 4.69) is 0 Å². The van der Waals surface area contributed by atoms with Gasteiger partial charge in [0.2, 0.25) is 0 Å². The number of halogens is 1. The predicted molar refractivity (Wildman–Crippen MR) is 92.8 cm³/mol. The summed E-state index contributed by atoms with van der Waals surface area (Å²) in [6.07, 6.45) is 0.